The van der Waals surface area contributed by atoms with E-state index in [1.807, 2.05) is 61.8 Å². The first kappa shape index (κ1) is 22.4. The zero-order valence-corrected chi connectivity index (χ0v) is 19.3. The average molecular weight is 443 g/mol. The van der Waals surface area contributed by atoms with Crippen LogP contribution in [0, 0.1) is 0 Å². The van der Waals surface area contributed by atoms with Crippen molar-refractivity contribution < 1.29 is 4.79 Å². The minimum absolute atomic E-state index is 0.266. The number of carbonyl (C=O) groups is 1. The number of nitrogens with one attached hydrogen (secondary N) is 2. The molecular weight excluding hydrogens is 412 g/mol. The highest BCUT2D eigenvalue weighted by Gasteiger charge is 2.07. The van der Waals surface area contributed by atoms with Gasteiger partial charge in [-0.3, -0.25) is 4.98 Å². The van der Waals surface area contributed by atoms with Crippen LogP contribution in [0.15, 0.2) is 79.3 Å². The fourth-order valence-corrected chi connectivity index (χ4v) is 3.73. The molecule has 0 atom stereocenters. The molecule has 0 aliphatic carbocycles. The monoisotopic (exact) mass is 442 g/mol. The summed E-state index contributed by atoms with van der Waals surface area (Å²) in [6, 6.07) is 19.6. The van der Waals surface area contributed by atoms with Crippen molar-refractivity contribution in [3.8, 4) is 0 Å². The molecule has 0 radical (unpaired) electrons. The van der Waals surface area contributed by atoms with Crippen LogP contribution in [-0.2, 0) is 13.1 Å². The Morgan fingerprint density at radius 1 is 0.970 bits per heavy atom. The van der Waals surface area contributed by atoms with E-state index in [9.17, 15) is 4.79 Å². The van der Waals surface area contributed by atoms with E-state index in [0.29, 0.717) is 0 Å². The van der Waals surface area contributed by atoms with Crippen molar-refractivity contribution in [2.24, 2.45) is 0 Å². The Morgan fingerprint density at radius 2 is 1.73 bits per heavy atom. The van der Waals surface area contributed by atoms with Gasteiger partial charge in [0.1, 0.15) is 0 Å². The first-order valence-corrected chi connectivity index (χ1v) is 11.0. The second kappa shape index (κ2) is 10.2. The maximum Gasteiger partial charge on any atom is 0.323 e. The second-order valence-electron chi connectivity index (χ2n) is 8.43. The van der Waals surface area contributed by atoms with Crippen LogP contribution in [-0.4, -0.2) is 48.2 Å². The molecule has 4 aromatic rings. The predicted octanol–water partition coefficient (Wildman–Crippen LogP) is 4.88. The van der Waals surface area contributed by atoms with E-state index in [2.05, 4.69) is 62.4 Å². The Morgan fingerprint density at radius 3 is 2.45 bits per heavy atom. The average Bonchev–Trinajstić information content (AvgIpc) is 3.21. The fraction of sp³-hybridized carbons (Fsp3) is 0.231. The molecule has 0 saturated carbocycles. The Labute approximate surface area is 194 Å². The van der Waals surface area contributed by atoms with E-state index in [1.54, 1.807) is 6.20 Å². The van der Waals surface area contributed by atoms with Crippen molar-refractivity contribution in [3.63, 3.8) is 0 Å². The number of urea groups is 1. The van der Waals surface area contributed by atoms with Crippen molar-refractivity contribution in [2.45, 2.75) is 13.1 Å². The second-order valence-corrected chi connectivity index (χ2v) is 8.43. The molecule has 4 rings (SSSR count). The molecular formula is C26H30N6O. The van der Waals surface area contributed by atoms with Crippen molar-refractivity contribution in [3.05, 3.63) is 84.8 Å². The molecule has 0 bridgehead atoms. The summed E-state index contributed by atoms with van der Waals surface area (Å²) in [5, 5.41) is 6.93. The van der Waals surface area contributed by atoms with Gasteiger partial charge in [0.05, 0.1) is 0 Å². The molecule has 0 fully saturated rings. The Kier molecular flexibility index (Phi) is 6.90. The van der Waals surface area contributed by atoms with Gasteiger partial charge in [-0.1, -0.05) is 6.07 Å². The van der Waals surface area contributed by atoms with Gasteiger partial charge < -0.3 is 25.0 Å². The van der Waals surface area contributed by atoms with Gasteiger partial charge in [0.2, 0.25) is 0 Å². The minimum Gasteiger partial charge on any atom is -0.370 e. The highest BCUT2D eigenvalue weighted by Crippen LogP contribution is 2.22. The molecule has 0 aliphatic heterocycles. The van der Waals surface area contributed by atoms with Gasteiger partial charge >= 0.3 is 6.03 Å². The van der Waals surface area contributed by atoms with Crippen molar-refractivity contribution >= 4 is 34.0 Å². The maximum atomic E-state index is 12.5. The summed E-state index contributed by atoms with van der Waals surface area (Å²) in [4.78, 5) is 21.0. The van der Waals surface area contributed by atoms with Crippen molar-refractivity contribution in [2.75, 3.05) is 43.2 Å². The number of fused-ring (bicyclic) bond motifs is 1. The molecule has 2 heterocycles. The minimum atomic E-state index is -0.266. The van der Waals surface area contributed by atoms with Crippen LogP contribution in [0.3, 0.4) is 0 Å². The van der Waals surface area contributed by atoms with E-state index in [-0.39, 0.29) is 6.03 Å². The molecule has 0 saturated heterocycles. The molecule has 2 aromatic carbocycles. The van der Waals surface area contributed by atoms with Gasteiger partial charge in [-0.05, 0) is 74.3 Å². The van der Waals surface area contributed by atoms with Gasteiger partial charge in [-0.15, -0.1) is 0 Å². The van der Waals surface area contributed by atoms with Gasteiger partial charge in [-0.2, -0.15) is 0 Å². The summed E-state index contributed by atoms with van der Waals surface area (Å²) >= 11 is 0. The number of hydrogen-bond donors (Lipinski definition) is 2. The van der Waals surface area contributed by atoms with Crippen LogP contribution in [0.4, 0.5) is 21.9 Å². The third-order valence-electron chi connectivity index (χ3n) is 5.53. The van der Waals surface area contributed by atoms with Gasteiger partial charge in [0, 0.05) is 73.2 Å². The summed E-state index contributed by atoms with van der Waals surface area (Å²) in [5.41, 5.74) is 4.87. The number of anilines is 3. The number of nitrogens with zero attached hydrogens (tertiary/aromatic N) is 4. The SMILES string of the molecule is CN(C)CCn1ccc2cc(NC(=O)Nc3ccc(N(C)Cc4cccnc4)cc3)ccc21. The molecule has 0 unspecified atom stereocenters. The van der Waals surface area contributed by atoms with Crippen LogP contribution in [0.2, 0.25) is 0 Å². The molecule has 0 spiro atoms. The summed E-state index contributed by atoms with van der Waals surface area (Å²) in [7, 11) is 6.17. The lowest BCUT2D eigenvalue weighted by molar-refractivity contribution is 0.262. The third-order valence-corrected chi connectivity index (χ3v) is 5.53. The van der Waals surface area contributed by atoms with Crippen molar-refractivity contribution in [1.82, 2.24) is 14.5 Å². The third kappa shape index (κ3) is 5.90. The van der Waals surface area contributed by atoms with Crippen LogP contribution >= 0.6 is 0 Å². The van der Waals surface area contributed by atoms with Gasteiger partial charge in [0.15, 0.2) is 0 Å². The summed E-state index contributed by atoms with van der Waals surface area (Å²) in [6.07, 6.45) is 5.73. The number of hydrogen-bond acceptors (Lipinski definition) is 4. The number of carbonyl (C=O) groups excluding carboxylic acids is 1. The highest BCUT2D eigenvalue weighted by atomic mass is 16.2. The van der Waals surface area contributed by atoms with E-state index in [1.165, 1.54) is 0 Å². The Hall–Kier alpha value is -3.84. The van der Waals surface area contributed by atoms with Crippen LogP contribution in [0.25, 0.3) is 10.9 Å². The standard InChI is InChI=1S/C26H30N6O/c1-30(2)15-16-32-14-12-21-17-23(8-11-25(21)32)29-26(33)28-22-6-9-24(10-7-22)31(3)19-20-5-4-13-27-18-20/h4-14,17-18H,15-16,19H2,1-3H3,(H2,28,29,33). The summed E-state index contributed by atoms with van der Waals surface area (Å²) < 4.78 is 2.23. The molecule has 2 amide bonds. The lowest BCUT2D eigenvalue weighted by atomic mass is 10.2. The maximum absolute atomic E-state index is 12.5. The number of aromatic nitrogens is 2. The lowest BCUT2D eigenvalue weighted by Gasteiger charge is -2.19. The molecule has 0 aliphatic rings. The normalized spacial score (nSPS) is 11.0. The number of likely N-dealkylation sites (N-methyl/N-ethyl adjacent to an activating group) is 1. The molecule has 170 valence electrons. The zero-order valence-electron chi connectivity index (χ0n) is 19.3. The summed E-state index contributed by atoms with van der Waals surface area (Å²) in [5.74, 6) is 0. The largest absolute Gasteiger partial charge is 0.370 e. The molecule has 2 aromatic heterocycles. The molecule has 33 heavy (non-hydrogen) atoms. The fourth-order valence-electron chi connectivity index (χ4n) is 3.73. The highest BCUT2D eigenvalue weighted by molar-refractivity contribution is 6.01. The van der Waals surface area contributed by atoms with E-state index in [0.717, 1.165) is 53.2 Å². The van der Waals surface area contributed by atoms with E-state index < -0.39 is 0 Å². The molecule has 7 heteroatoms. The molecule has 2 N–H and O–H groups in total. The van der Waals surface area contributed by atoms with E-state index in [4.69, 9.17) is 0 Å². The number of pyridine rings is 1. The smallest absolute Gasteiger partial charge is 0.323 e. The van der Waals surface area contributed by atoms with Gasteiger partial charge in [-0.25, -0.2) is 4.79 Å². The first-order chi connectivity index (χ1) is 16.0. The first-order valence-electron chi connectivity index (χ1n) is 11.0. The van der Waals surface area contributed by atoms with E-state index >= 15 is 0 Å². The Balaban J connectivity index is 1.34. The number of rotatable bonds is 8. The summed E-state index contributed by atoms with van der Waals surface area (Å²) in [6.45, 7) is 2.67. The number of amides is 2. The number of benzene rings is 2. The predicted molar refractivity (Wildman–Crippen MR) is 136 cm³/mol. The topological polar surface area (TPSA) is 65.4 Å². The molecule has 7 nitrogen and oxygen atoms in total. The quantitative estimate of drug-likeness (QED) is 0.408. The lowest BCUT2D eigenvalue weighted by Crippen LogP contribution is -2.20. The van der Waals surface area contributed by atoms with Crippen LogP contribution in [0.5, 0.6) is 0 Å². The zero-order chi connectivity index (χ0) is 23.2. The van der Waals surface area contributed by atoms with Crippen LogP contribution in [0.1, 0.15) is 5.56 Å². The Bertz CT molecular complexity index is 1200. The van der Waals surface area contributed by atoms with Crippen LogP contribution < -0.4 is 15.5 Å². The van der Waals surface area contributed by atoms with Crippen molar-refractivity contribution in [1.29, 1.82) is 0 Å². The van der Waals surface area contributed by atoms with Gasteiger partial charge in [0.25, 0.3) is 0 Å².